The zero-order valence-corrected chi connectivity index (χ0v) is 30.3. The summed E-state index contributed by atoms with van der Waals surface area (Å²) in [6, 6.07) is -3.96. The quantitative estimate of drug-likeness (QED) is 0.136. The van der Waals surface area contributed by atoms with E-state index in [4.69, 9.17) is 23.2 Å². The number of halogens is 2. The van der Waals surface area contributed by atoms with Crippen LogP contribution in [0.1, 0.15) is 85.0 Å². The number of likely N-dealkylation sites (tertiary alicyclic amines) is 1. The second-order valence-corrected chi connectivity index (χ2v) is 19.2. The molecule has 15 heteroatoms. The third kappa shape index (κ3) is 7.52. The number of nitrogens with one attached hydrogen (secondary N) is 4. The van der Waals surface area contributed by atoms with E-state index < -0.39 is 89.9 Å². The van der Waals surface area contributed by atoms with Gasteiger partial charge >= 0.3 is 6.03 Å². The van der Waals surface area contributed by atoms with E-state index in [1.54, 1.807) is 20.8 Å². The number of rotatable bonds is 12. The Morgan fingerprint density at radius 2 is 1.67 bits per heavy atom. The summed E-state index contributed by atoms with van der Waals surface area (Å²) in [4.78, 5) is 69.1. The number of hydrogen-bond donors (Lipinski definition) is 4. The standard InChI is InChI=1S/C33H49Cl2N5O7S/c1-5-15-36-28(43)25(41)21(17-19-11-12-19)37-27(42)24-23-20(33(23,34)35)18-40(24)29(44)26(31(2,3)4)38-30(45)39-32(13-7-6-8-14-32)22-10-9-16-48(22,46)47/h5,19-24,26H,1,6-18H2,2-4H3,(H,36,43)(H,37,42)(H2,38,39,45)/t20-,21-,22+,23-,24-,26+/m0/s1. The summed E-state index contributed by atoms with van der Waals surface area (Å²) in [6.45, 7) is 9.07. The van der Waals surface area contributed by atoms with Gasteiger partial charge in [0.05, 0.1) is 22.6 Å². The number of carbonyl (C=O) groups excluding carboxylic acids is 5. The van der Waals surface area contributed by atoms with Gasteiger partial charge in [-0.3, -0.25) is 19.2 Å². The van der Waals surface area contributed by atoms with Gasteiger partial charge in [0.1, 0.15) is 16.4 Å². The van der Waals surface area contributed by atoms with E-state index in [0.717, 1.165) is 32.1 Å². The predicted octanol–water partition coefficient (Wildman–Crippen LogP) is 2.77. The van der Waals surface area contributed by atoms with Gasteiger partial charge in [-0.25, -0.2) is 13.2 Å². The van der Waals surface area contributed by atoms with Crippen molar-refractivity contribution < 1.29 is 32.4 Å². The monoisotopic (exact) mass is 729 g/mol. The van der Waals surface area contributed by atoms with E-state index in [1.807, 2.05) is 0 Å². The summed E-state index contributed by atoms with van der Waals surface area (Å²) in [6.07, 6.45) is 8.15. The Balaban J connectivity index is 1.35. The lowest BCUT2D eigenvalue weighted by Gasteiger charge is -2.43. The second kappa shape index (κ2) is 13.7. The Labute approximate surface area is 293 Å². The van der Waals surface area contributed by atoms with Crippen LogP contribution < -0.4 is 21.3 Å². The summed E-state index contributed by atoms with van der Waals surface area (Å²) in [5, 5.41) is 10.4. The zero-order valence-electron chi connectivity index (χ0n) is 28.0. The van der Waals surface area contributed by atoms with E-state index in [1.165, 1.54) is 11.0 Å². The first-order valence-corrected chi connectivity index (χ1v) is 19.6. The third-order valence-corrected chi connectivity index (χ3v) is 14.3. The molecule has 3 saturated carbocycles. The van der Waals surface area contributed by atoms with Crippen LogP contribution >= 0.6 is 23.2 Å². The molecule has 12 nitrogen and oxygen atoms in total. The molecule has 0 aromatic heterocycles. The van der Waals surface area contributed by atoms with E-state index in [9.17, 15) is 32.4 Å². The van der Waals surface area contributed by atoms with Crippen molar-refractivity contribution in [1.29, 1.82) is 0 Å². The first kappa shape index (κ1) is 36.9. The number of fused-ring (bicyclic) bond motifs is 1. The van der Waals surface area contributed by atoms with Gasteiger partial charge < -0.3 is 26.2 Å². The number of hydrogen-bond acceptors (Lipinski definition) is 7. The number of alkyl halides is 2. The highest BCUT2D eigenvalue weighted by Gasteiger charge is 2.74. The predicted molar refractivity (Wildman–Crippen MR) is 182 cm³/mol. The maximum absolute atomic E-state index is 14.4. The molecule has 3 aliphatic carbocycles. The number of sulfone groups is 1. The first-order valence-electron chi connectivity index (χ1n) is 17.1. The van der Waals surface area contributed by atoms with Gasteiger partial charge in [0, 0.05) is 24.9 Å². The van der Waals surface area contributed by atoms with Crippen LogP contribution in [-0.2, 0) is 29.0 Å². The molecular formula is C33H49Cl2N5O7S. The molecule has 2 saturated heterocycles. The molecule has 2 heterocycles. The first-order chi connectivity index (χ1) is 22.4. The van der Waals surface area contributed by atoms with Crippen LogP contribution in [0.3, 0.4) is 0 Å². The largest absolute Gasteiger partial charge is 0.346 e. The summed E-state index contributed by atoms with van der Waals surface area (Å²) < 4.78 is 24.8. The number of urea groups is 1. The number of carbonyl (C=O) groups is 5. The molecule has 48 heavy (non-hydrogen) atoms. The van der Waals surface area contributed by atoms with Crippen LogP contribution in [0, 0.1) is 23.2 Å². The van der Waals surface area contributed by atoms with Gasteiger partial charge in [-0.1, -0.05) is 59.0 Å². The van der Waals surface area contributed by atoms with Crippen molar-refractivity contribution in [3.8, 4) is 0 Å². The van der Waals surface area contributed by atoms with E-state index in [0.29, 0.717) is 32.1 Å². The van der Waals surface area contributed by atoms with Crippen LogP contribution in [-0.4, -0.2) is 94.9 Å². The normalized spacial score (nSPS) is 29.5. The molecule has 0 unspecified atom stereocenters. The molecule has 5 rings (SSSR count). The van der Waals surface area contributed by atoms with Crippen molar-refractivity contribution >= 4 is 62.6 Å². The van der Waals surface area contributed by atoms with Crippen LogP contribution in [0.25, 0.3) is 0 Å². The Kier molecular flexibility index (Phi) is 10.6. The molecule has 5 fully saturated rings. The third-order valence-electron chi connectivity index (χ3n) is 10.9. The fraction of sp³-hybridized carbons (Fsp3) is 0.788. The molecule has 0 bridgehead atoms. The highest BCUT2D eigenvalue weighted by atomic mass is 35.5. The van der Waals surface area contributed by atoms with Gasteiger partial charge in [-0.2, -0.15) is 0 Å². The number of ketones is 1. The molecule has 0 aromatic rings. The Hall–Kier alpha value is -2.38. The van der Waals surface area contributed by atoms with Crippen molar-refractivity contribution in [3.05, 3.63) is 12.7 Å². The molecular weight excluding hydrogens is 681 g/mol. The molecule has 268 valence electrons. The van der Waals surface area contributed by atoms with Gasteiger partial charge in [0.15, 0.2) is 9.84 Å². The fourth-order valence-corrected chi connectivity index (χ4v) is 11.2. The molecule has 2 aliphatic heterocycles. The lowest BCUT2D eigenvalue weighted by molar-refractivity contribution is -0.144. The minimum atomic E-state index is -3.38. The average Bonchev–Trinajstić information content (AvgIpc) is 3.79. The Bertz CT molecular complexity index is 1440. The Morgan fingerprint density at radius 3 is 2.23 bits per heavy atom. The number of piperidine rings is 1. The van der Waals surface area contributed by atoms with E-state index in [-0.39, 0.29) is 24.8 Å². The van der Waals surface area contributed by atoms with Gasteiger partial charge in [0.25, 0.3) is 5.91 Å². The van der Waals surface area contributed by atoms with Crippen molar-refractivity contribution in [2.24, 2.45) is 23.2 Å². The highest BCUT2D eigenvalue weighted by Crippen LogP contribution is 2.65. The molecule has 0 spiro atoms. The minimum absolute atomic E-state index is 0.0653. The Morgan fingerprint density at radius 1 is 1.00 bits per heavy atom. The van der Waals surface area contributed by atoms with Crippen LogP contribution in [0.2, 0.25) is 0 Å². The molecule has 0 aromatic carbocycles. The van der Waals surface area contributed by atoms with Crippen molar-refractivity contribution in [2.75, 3.05) is 18.8 Å². The SMILES string of the molecule is C=CCNC(=O)C(=O)[C@H](CC1CC1)NC(=O)[C@@H]1[C@@H]2[C@H](CN1C(=O)[C@@H](NC(=O)NC1([C@H]3CCCS3(=O)=O)CCCCC1)C(C)(C)C)C2(Cl)Cl. The van der Waals surface area contributed by atoms with Gasteiger partial charge in [-0.15, -0.1) is 29.8 Å². The summed E-state index contributed by atoms with van der Waals surface area (Å²) in [5.41, 5.74) is -1.73. The maximum atomic E-state index is 14.4. The molecule has 5 amide bonds. The average molecular weight is 731 g/mol. The minimum Gasteiger partial charge on any atom is -0.346 e. The fourth-order valence-electron chi connectivity index (χ4n) is 8.05. The lowest BCUT2D eigenvalue weighted by Crippen LogP contribution is -2.65. The zero-order chi connectivity index (χ0) is 35.2. The smallest absolute Gasteiger partial charge is 0.315 e. The van der Waals surface area contributed by atoms with Gasteiger partial charge in [-0.05, 0) is 43.4 Å². The second-order valence-electron chi connectivity index (χ2n) is 15.5. The van der Waals surface area contributed by atoms with E-state index in [2.05, 4.69) is 27.8 Å². The molecule has 4 N–H and O–H groups in total. The number of Topliss-reactive ketones (excluding diaryl/α,β-unsaturated/α-hetero) is 1. The maximum Gasteiger partial charge on any atom is 0.315 e. The van der Waals surface area contributed by atoms with Crippen LogP contribution in [0.5, 0.6) is 0 Å². The van der Waals surface area contributed by atoms with E-state index >= 15 is 0 Å². The molecule has 5 aliphatic rings. The topological polar surface area (TPSA) is 171 Å². The number of nitrogens with zero attached hydrogens (tertiary/aromatic N) is 1. The summed E-state index contributed by atoms with van der Waals surface area (Å²) in [7, 11) is -3.38. The highest BCUT2D eigenvalue weighted by molar-refractivity contribution is 7.92. The number of amides is 5. The van der Waals surface area contributed by atoms with Crippen LogP contribution in [0.4, 0.5) is 4.79 Å². The van der Waals surface area contributed by atoms with Gasteiger partial charge in [0.2, 0.25) is 17.6 Å². The van der Waals surface area contributed by atoms with Crippen LogP contribution in [0.15, 0.2) is 12.7 Å². The molecule has 6 atom stereocenters. The van der Waals surface area contributed by atoms with Crippen molar-refractivity contribution in [3.63, 3.8) is 0 Å². The van der Waals surface area contributed by atoms with Crippen molar-refractivity contribution in [1.82, 2.24) is 26.2 Å². The summed E-state index contributed by atoms with van der Waals surface area (Å²) >= 11 is 13.1. The van der Waals surface area contributed by atoms with Crippen molar-refractivity contribution in [2.45, 2.75) is 118 Å². The lowest BCUT2D eigenvalue weighted by atomic mass is 9.78. The molecule has 0 radical (unpaired) electrons. The summed E-state index contributed by atoms with van der Waals surface area (Å²) in [5.74, 6) is -3.49.